The van der Waals surface area contributed by atoms with Crippen LogP contribution in [-0.2, 0) is 16.0 Å². The molecule has 0 aliphatic heterocycles. The van der Waals surface area contributed by atoms with Gasteiger partial charge < -0.3 is 9.84 Å². The number of aromatic nitrogens is 1. The Labute approximate surface area is 159 Å². The zero-order chi connectivity index (χ0) is 20.2. The minimum Gasteiger partial charge on any atom is -0.481 e. The summed E-state index contributed by atoms with van der Waals surface area (Å²) in [6.45, 7) is 8.78. The molecular formula is C21H26N2O4. The Balaban J connectivity index is 2.21. The van der Waals surface area contributed by atoms with Crippen LogP contribution >= 0.6 is 0 Å². The van der Waals surface area contributed by atoms with Crippen molar-refractivity contribution in [3.05, 3.63) is 48.0 Å². The number of rotatable bonds is 5. The van der Waals surface area contributed by atoms with Gasteiger partial charge in [0.1, 0.15) is 11.4 Å². The zero-order valence-electron chi connectivity index (χ0n) is 16.4. The van der Waals surface area contributed by atoms with Crippen molar-refractivity contribution in [1.82, 2.24) is 4.98 Å². The normalized spacial score (nSPS) is 11.7. The summed E-state index contributed by atoms with van der Waals surface area (Å²) >= 11 is 0. The molecule has 1 aromatic heterocycles. The standard InChI is InChI=1S/C21H26N2O4/c1-20(2,3)27-19(26)23-17-11-7-10-16(22-17)15-9-6-8-14(12-15)13-21(4,5)18(24)25/h6-12H,13H2,1-5H3,(H,24,25)(H,22,23,26). The quantitative estimate of drug-likeness (QED) is 0.793. The molecule has 0 bridgehead atoms. The highest BCUT2D eigenvalue weighted by Crippen LogP contribution is 2.26. The lowest BCUT2D eigenvalue weighted by molar-refractivity contribution is -0.146. The van der Waals surface area contributed by atoms with Gasteiger partial charge in [-0.15, -0.1) is 0 Å². The van der Waals surface area contributed by atoms with Crippen molar-refractivity contribution >= 4 is 17.9 Å². The lowest BCUT2D eigenvalue weighted by Crippen LogP contribution is -2.27. The monoisotopic (exact) mass is 370 g/mol. The highest BCUT2D eigenvalue weighted by atomic mass is 16.6. The van der Waals surface area contributed by atoms with Crippen LogP contribution in [0.1, 0.15) is 40.2 Å². The number of nitrogens with zero attached hydrogens (tertiary/aromatic N) is 1. The Kier molecular flexibility index (Phi) is 5.88. The number of carbonyl (C=O) groups excluding carboxylic acids is 1. The molecule has 1 heterocycles. The maximum absolute atomic E-state index is 11.9. The average molecular weight is 370 g/mol. The Morgan fingerprint density at radius 3 is 2.37 bits per heavy atom. The van der Waals surface area contributed by atoms with E-state index in [1.807, 2.05) is 30.3 Å². The summed E-state index contributed by atoms with van der Waals surface area (Å²) in [6.07, 6.45) is -0.157. The van der Waals surface area contributed by atoms with Gasteiger partial charge in [-0.05, 0) is 64.8 Å². The summed E-state index contributed by atoms with van der Waals surface area (Å²) in [4.78, 5) is 27.7. The third kappa shape index (κ3) is 6.09. The number of nitrogens with one attached hydrogen (secondary N) is 1. The number of ether oxygens (including phenoxy) is 1. The molecule has 0 saturated carbocycles. The first kappa shape index (κ1) is 20.4. The van der Waals surface area contributed by atoms with E-state index in [9.17, 15) is 14.7 Å². The van der Waals surface area contributed by atoms with E-state index in [1.54, 1.807) is 46.8 Å². The molecule has 1 amide bonds. The van der Waals surface area contributed by atoms with Crippen LogP contribution in [-0.4, -0.2) is 27.8 Å². The van der Waals surface area contributed by atoms with Crippen LogP contribution in [0.4, 0.5) is 10.6 Å². The van der Waals surface area contributed by atoms with Crippen LogP contribution in [0.2, 0.25) is 0 Å². The van der Waals surface area contributed by atoms with Crippen molar-refractivity contribution in [3.8, 4) is 11.3 Å². The maximum atomic E-state index is 11.9. The van der Waals surface area contributed by atoms with E-state index < -0.39 is 23.1 Å². The van der Waals surface area contributed by atoms with E-state index in [2.05, 4.69) is 10.3 Å². The zero-order valence-corrected chi connectivity index (χ0v) is 16.4. The Morgan fingerprint density at radius 2 is 1.74 bits per heavy atom. The first-order valence-electron chi connectivity index (χ1n) is 8.76. The Hall–Kier alpha value is -2.89. The topological polar surface area (TPSA) is 88.5 Å². The summed E-state index contributed by atoms with van der Waals surface area (Å²) < 4.78 is 5.24. The lowest BCUT2D eigenvalue weighted by atomic mass is 9.85. The molecule has 0 radical (unpaired) electrons. The minimum absolute atomic E-state index is 0.387. The van der Waals surface area contributed by atoms with Gasteiger partial charge in [-0.3, -0.25) is 10.1 Å². The third-order valence-corrected chi connectivity index (χ3v) is 3.83. The number of anilines is 1. The smallest absolute Gasteiger partial charge is 0.413 e. The van der Waals surface area contributed by atoms with Gasteiger partial charge in [0.15, 0.2) is 0 Å². The molecule has 1 aromatic carbocycles. The van der Waals surface area contributed by atoms with Crippen molar-refractivity contribution in [1.29, 1.82) is 0 Å². The van der Waals surface area contributed by atoms with E-state index in [0.29, 0.717) is 17.9 Å². The van der Waals surface area contributed by atoms with Crippen molar-refractivity contribution in [2.45, 2.75) is 46.6 Å². The molecule has 0 aliphatic carbocycles. The number of hydrogen-bond donors (Lipinski definition) is 2. The number of carbonyl (C=O) groups is 2. The summed E-state index contributed by atoms with van der Waals surface area (Å²) in [7, 11) is 0. The van der Waals surface area contributed by atoms with E-state index in [1.165, 1.54) is 0 Å². The number of carboxylic acid groups (broad SMARTS) is 1. The fourth-order valence-electron chi connectivity index (χ4n) is 2.50. The van der Waals surface area contributed by atoms with E-state index in [0.717, 1.165) is 11.1 Å². The second-order valence-corrected chi connectivity index (χ2v) is 8.10. The summed E-state index contributed by atoms with van der Waals surface area (Å²) in [5.41, 5.74) is 0.992. The van der Waals surface area contributed by atoms with Gasteiger partial charge >= 0.3 is 12.1 Å². The van der Waals surface area contributed by atoms with E-state index in [4.69, 9.17) is 4.74 Å². The van der Waals surface area contributed by atoms with Crippen LogP contribution < -0.4 is 5.32 Å². The SMILES string of the molecule is CC(C)(C)OC(=O)Nc1cccc(-c2cccc(CC(C)(C)C(=O)O)c2)n1. The molecule has 0 atom stereocenters. The van der Waals surface area contributed by atoms with Gasteiger partial charge in [-0.2, -0.15) is 0 Å². The molecule has 2 rings (SSSR count). The second kappa shape index (κ2) is 7.78. The second-order valence-electron chi connectivity index (χ2n) is 8.10. The number of hydrogen-bond acceptors (Lipinski definition) is 4. The number of amides is 1. The van der Waals surface area contributed by atoms with Gasteiger partial charge in [0.2, 0.25) is 0 Å². The largest absolute Gasteiger partial charge is 0.481 e. The molecule has 0 spiro atoms. The lowest BCUT2D eigenvalue weighted by Gasteiger charge is -2.20. The third-order valence-electron chi connectivity index (χ3n) is 3.83. The number of carboxylic acids is 1. The highest BCUT2D eigenvalue weighted by Gasteiger charge is 2.27. The fraction of sp³-hybridized carbons (Fsp3) is 0.381. The molecule has 2 N–H and O–H groups in total. The van der Waals surface area contributed by atoms with Gasteiger partial charge in [-0.1, -0.05) is 24.3 Å². The molecule has 27 heavy (non-hydrogen) atoms. The minimum atomic E-state index is -0.855. The predicted molar refractivity (Wildman–Crippen MR) is 105 cm³/mol. The van der Waals surface area contributed by atoms with Crippen molar-refractivity contribution < 1.29 is 19.4 Å². The first-order chi connectivity index (χ1) is 12.5. The van der Waals surface area contributed by atoms with Crippen molar-refractivity contribution in [2.75, 3.05) is 5.32 Å². The molecule has 0 aliphatic rings. The van der Waals surface area contributed by atoms with Gasteiger partial charge in [0, 0.05) is 5.56 Å². The van der Waals surface area contributed by atoms with Crippen LogP contribution in [0.25, 0.3) is 11.3 Å². The fourth-order valence-corrected chi connectivity index (χ4v) is 2.50. The molecule has 0 fully saturated rings. The summed E-state index contributed by atoms with van der Waals surface area (Å²) in [5, 5.41) is 12.0. The molecule has 0 unspecified atom stereocenters. The predicted octanol–water partition coefficient (Wildman–Crippen LogP) is 4.75. The van der Waals surface area contributed by atoms with Crippen LogP contribution in [0.15, 0.2) is 42.5 Å². The first-order valence-corrected chi connectivity index (χ1v) is 8.76. The van der Waals surface area contributed by atoms with Crippen LogP contribution in [0.5, 0.6) is 0 Å². The molecule has 6 heteroatoms. The summed E-state index contributed by atoms with van der Waals surface area (Å²) in [6, 6.07) is 12.9. The van der Waals surface area contributed by atoms with Crippen LogP contribution in [0, 0.1) is 5.41 Å². The summed E-state index contributed by atoms with van der Waals surface area (Å²) in [5.74, 6) is -0.451. The molecule has 144 valence electrons. The van der Waals surface area contributed by atoms with Crippen molar-refractivity contribution in [2.24, 2.45) is 5.41 Å². The van der Waals surface area contributed by atoms with E-state index >= 15 is 0 Å². The van der Waals surface area contributed by atoms with Crippen molar-refractivity contribution in [3.63, 3.8) is 0 Å². The average Bonchev–Trinajstić information content (AvgIpc) is 2.53. The van der Waals surface area contributed by atoms with Gasteiger partial charge in [0.25, 0.3) is 0 Å². The highest BCUT2D eigenvalue weighted by molar-refractivity contribution is 5.84. The van der Waals surface area contributed by atoms with E-state index in [-0.39, 0.29) is 0 Å². The molecule has 2 aromatic rings. The number of aliphatic carboxylic acids is 1. The number of benzene rings is 1. The molecule has 6 nitrogen and oxygen atoms in total. The number of pyridine rings is 1. The molecule has 0 saturated heterocycles. The van der Waals surface area contributed by atoms with Gasteiger partial charge in [-0.25, -0.2) is 9.78 Å². The maximum Gasteiger partial charge on any atom is 0.413 e. The Bertz CT molecular complexity index is 838. The van der Waals surface area contributed by atoms with Crippen LogP contribution in [0.3, 0.4) is 0 Å². The Morgan fingerprint density at radius 1 is 1.07 bits per heavy atom. The molecular weight excluding hydrogens is 344 g/mol. The van der Waals surface area contributed by atoms with Gasteiger partial charge in [0.05, 0.1) is 11.1 Å².